The van der Waals surface area contributed by atoms with Crippen LogP contribution in [0.1, 0.15) is 43.9 Å². The van der Waals surface area contributed by atoms with E-state index in [4.69, 9.17) is 5.73 Å². The molecule has 0 aromatic heterocycles. The lowest BCUT2D eigenvalue weighted by Crippen LogP contribution is -2.43. The minimum atomic E-state index is 0.0108. The largest absolute Gasteiger partial charge is 0.355 e. The highest BCUT2D eigenvalue weighted by Gasteiger charge is 2.24. The Morgan fingerprint density at radius 1 is 1.29 bits per heavy atom. The van der Waals surface area contributed by atoms with Gasteiger partial charge in [-0.1, -0.05) is 43.7 Å². The SMILES string of the molecule is CCCNC(=O)CN(C)C(c1ccc(C)cc1)C(N)CC. The summed E-state index contributed by atoms with van der Waals surface area (Å²) in [4.78, 5) is 14.0. The molecule has 118 valence electrons. The van der Waals surface area contributed by atoms with Crippen molar-refractivity contribution in [3.8, 4) is 0 Å². The second-order valence-corrected chi connectivity index (χ2v) is 5.69. The number of nitrogens with zero attached hydrogens (tertiary/aromatic N) is 1. The first kappa shape index (κ1) is 17.7. The van der Waals surface area contributed by atoms with E-state index in [2.05, 4.69) is 43.4 Å². The van der Waals surface area contributed by atoms with Gasteiger partial charge in [0.05, 0.1) is 12.6 Å². The van der Waals surface area contributed by atoms with E-state index in [9.17, 15) is 4.79 Å². The minimum Gasteiger partial charge on any atom is -0.355 e. The quantitative estimate of drug-likeness (QED) is 0.772. The zero-order chi connectivity index (χ0) is 15.8. The first-order chi connectivity index (χ1) is 9.99. The fourth-order valence-corrected chi connectivity index (χ4v) is 2.46. The van der Waals surface area contributed by atoms with E-state index < -0.39 is 0 Å². The summed E-state index contributed by atoms with van der Waals surface area (Å²) in [6, 6.07) is 8.47. The Bertz CT molecular complexity index is 430. The molecule has 0 aliphatic rings. The third-order valence-corrected chi connectivity index (χ3v) is 3.74. The van der Waals surface area contributed by atoms with Gasteiger partial charge >= 0.3 is 0 Å². The van der Waals surface area contributed by atoms with Crippen molar-refractivity contribution in [1.82, 2.24) is 10.2 Å². The Balaban J connectivity index is 2.82. The van der Waals surface area contributed by atoms with Gasteiger partial charge in [0.1, 0.15) is 0 Å². The lowest BCUT2D eigenvalue weighted by Gasteiger charge is -2.32. The Morgan fingerprint density at radius 2 is 1.90 bits per heavy atom. The van der Waals surface area contributed by atoms with E-state index >= 15 is 0 Å². The number of amides is 1. The fraction of sp³-hybridized carbons (Fsp3) is 0.588. The molecular formula is C17H29N3O. The van der Waals surface area contributed by atoms with Crippen molar-refractivity contribution in [1.29, 1.82) is 0 Å². The van der Waals surface area contributed by atoms with Crippen LogP contribution in [0, 0.1) is 6.92 Å². The standard InChI is InChI=1S/C17H29N3O/c1-5-11-19-16(21)12-20(4)17(15(18)6-2)14-9-7-13(3)8-10-14/h7-10,15,17H,5-6,11-12,18H2,1-4H3,(H,19,21). The van der Waals surface area contributed by atoms with Crippen LogP contribution >= 0.6 is 0 Å². The molecule has 2 atom stereocenters. The maximum Gasteiger partial charge on any atom is 0.234 e. The molecule has 3 N–H and O–H groups in total. The van der Waals surface area contributed by atoms with Gasteiger partial charge in [-0.2, -0.15) is 0 Å². The van der Waals surface area contributed by atoms with Gasteiger partial charge < -0.3 is 11.1 Å². The highest BCUT2D eigenvalue weighted by atomic mass is 16.2. The number of likely N-dealkylation sites (N-methyl/N-ethyl adjacent to an activating group) is 1. The van der Waals surface area contributed by atoms with Crippen LogP contribution in [0.3, 0.4) is 0 Å². The molecule has 0 radical (unpaired) electrons. The number of carbonyl (C=O) groups excluding carboxylic acids is 1. The third-order valence-electron chi connectivity index (χ3n) is 3.74. The van der Waals surface area contributed by atoms with E-state index in [0.717, 1.165) is 19.4 Å². The number of aryl methyl sites for hydroxylation is 1. The number of benzene rings is 1. The van der Waals surface area contributed by atoms with Gasteiger partial charge in [-0.3, -0.25) is 9.69 Å². The number of hydrogen-bond donors (Lipinski definition) is 2. The predicted octanol–water partition coefficient (Wildman–Crippen LogP) is 2.23. The summed E-state index contributed by atoms with van der Waals surface area (Å²) in [5, 5.41) is 2.91. The summed E-state index contributed by atoms with van der Waals surface area (Å²) < 4.78 is 0. The van der Waals surface area contributed by atoms with E-state index in [1.807, 2.05) is 18.9 Å². The van der Waals surface area contributed by atoms with Crippen LogP contribution in [0.4, 0.5) is 0 Å². The molecule has 0 aliphatic heterocycles. The Kier molecular flexibility index (Phi) is 7.40. The van der Waals surface area contributed by atoms with Crippen molar-refractivity contribution in [2.24, 2.45) is 5.73 Å². The summed E-state index contributed by atoms with van der Waals surface area (Å²) in [7, 11) is 1.96. The number of rotatable bonds is 8. The van der Waals surface area contributed by atoms with E-state index in [0.29, 0.717) is 6.54 Å². The van der Waals surface area contributed by atoms with Crippen LogP contribution in [0.25, 0.3) is 0 Å². The maximum atomic E-state index is 11.9. The summed E-state index contributed by atoms with van der Waals surface area (Å²) in [6.07, 6.45) is 1.82. The Morgan fingerprint density at radius 3 is 2.43 bits per heavy atom. The molecule has 2 unspecified atom stereocenters. The van der Waals surface area contributed by atoms with Crippen LogP contribution in [0.15, 0.2) is 24.3 Å². The van der Waals surface area contributed by atoms with E-state index in [-0.39, 0.29) is 18.0 Å². The topological polar surface area (TPSA) is 58.4 Å². The third kappa shape index (κ3) is 5.48. The molecule has 0 aliphatic carbocycles. The highest BCUT2D eigenvalue weighted by molar-refractivity contribution is 5.78. The first-order valence-corrected chi connectivity index (χ1v) is 7.78. The molecule has 0 heterocycles. The monoisotopic (exact) mass is 291 g/mol. The lowest BCUT2D eigenvalue weighted by molar-refractivity contribution is -0.122. The Labute approximate surface area is 128 Å². The average Bonchev–Trinajstić information content (AvgIpc) is 2.47. The predicted molar refractivity (Wildman–Crippen MR) is 88.1 cm³/mol. The molecule has 0 fully saturated rings. The molecular weight excluding hydrogens is 262 g/mol. The van der Waals surface area contributed by atoms with Crippen LogP contribution < -0.4 is 11.1 Å². The van der Waals surface area contributed by atoms with Crippen LogP contribution in [-0.2, 0) is 4.79 Å². The van der Waals surface area contributed by atoms with Crippen LogP contribution in [0.2, 0.25) is 0 Å². The fourth-order valence-electron chi connectivity index (χ4n) is 2.46. The summed E-state index contributed by atoms with van der Waals surface area (Å²) in [6.45, 7) is 7.29. The van der Waals surface area contributed by atoms with Crippen molar-refractivity contribution in [2.75, 3.05) is 20.1 Å². The molecule has 4 heteroatoms. The van der Waals surface area contributed by atoms with Gasteiger partial charge in [-0.05, 0) is 32.4 Å². The smallest absolute Gasteiger partial charge is 0.234 e. The maximum absolute atomic E-state index is 11.9. The number of nitrogens with one attached hydrogen (secondary N) is 1. The van der Waals surface area contributed by atoms with Crippen molar-refractivity contribution in [3.63, 3.8) is 0 Å². The second kappa shape index (κ2) is 8.80. The lowest BCUT2D eigenvalue weighted by atomic mass is 9.96. The molecule has 0 saturated carbocycles. The van der Waals surface area contributed by atoms with Gasteiger partial charge in [0.2, 0.25) is 5.91 Å². The number of hydrogen-bond acceptors (Lipinski definition) is 3. The molecule has 0 saturated heterocycles. The van der Waals surface area contributed by atoms with Gasteiger partial charge in [0, 0.05) is 12.6 Å². The van der Waals surface area contributed by atoms with Gasteiger partial charge in [-0.25, -0.2) is 0 Å². The van der Waals surface area contributed by atoms with Gasteiger partial charge in [-0.15, -0.1) is 0 Å². The van der Waals surface area contributed by atoms with Crippen molar-refractivity contribution in [3.05, 3.63) is 35.4 Å². The molecule has 0 spiro atoms. The number of nitrogens with two attached hydrogens (primary N) is 1. The zero-order valence-electron chi connectivity index (χ0n) is 13.7. The zero-order valence-corrected chi connectivity index (χ0v) is 13.7. The average molecular weight is 291 g/mol. The molecule has 1 aromatic rings. The van der Waals surface area contributed by atoms with Crippen LogP contribution in [0.5, 0.6) is 0 Å². The molecule has 1 aromatic carbocycles. The second-order valence-electron chi connectivity index (χ2n) is 5.69. The summed E-state index contributed by atoms with van der Waals surface area (Å²) in [5.41, 5.74) is 8.69. The van der Waals surface area contributed by atoms with Crippen LogP contribution in [-0.4, -0.2) is 37.0 Å². The van der Waals surface area contributed by atoms with E-state index in [1.54, 1.807) is 0 Å². The molecule has 4 nitrogen and oxygen atoms in total. The number of carbonyl (C=O) groups is 1. The first-order valence-electron chi connectivity index (χ1n) is 7.78. The molecule has 1 amide bonds. The van der Waals surface area contributed by atoms with Gasteiger partial charge in [0.15, 0.2) is 0 Å². The van der Waals surface area contributed by atoms with Crippen molar-refractivity contribution >= 4 is 5.91 Å². The van der Waals surface area contributed by atoms with Crippen molar-refractivity contribution in [2.45, 2.75) is 45.7 Å². The van der Waals surface area contributed by atoms with Crippen molar-refractivity contribution < 1.29 is 4.79 Å². The Hall–Kier alpha value is -1.39. The summed E-state index contributed by atoms with van der Waals surface area (Å²) >= 11 is 0. The van der Waals surface area contributed by atoms with E-state index in [1.165, 1.54) is 11.1 Å². The molecule has 0 bridgehead atoms. The molecule has 21 heavy (non-hydrogen) atoms. The molecule has 1 rings (SSSR count). The highest BCUT2D eigenvalue weighted by Crippen LogP contribution is 2.24. The minimum absolute atomic E-state index is 0.0108. The van der Waals surface area contributed by atoms with Gasteiger partial charge in [0.25, 0.3) is 0 Å². The summed E-state index contributed by atoms with van der Waals surface area (Å²) in [5.74, 6) is 0.0553. The normalized spacial score (nSPS) is 14.0.